The average molecular weight is 390 g/mol. The zero-order chi connectivity index (χ0) is 19.2. The summed E-state index contributed by atoms with van der Waals surface area (Å²) in [6.07, 6.45) is 1.82. The highest BCUT2D eigenvalue weighted by Gasteiger charge is 2.15. The first-order valence-electron chi connectivity index (χ1n) is 9.14. The van der Waals surface area contributed by atoms with Crippen molar-refractivity contribution >= 4 is 11.6 Å². The zero-order valence-corrected chi connectivity index (χ0v) is 16.0. The standard InChI is InChI=1S/C23H20ClN3O/c24-21-13-11-18(12-14-21)17-28-23(20-9-5-2-6-10-20)16-27-15-22(25-26-27)19-7-3-1-4-8-19/h1-15,23H,16-17H2. The van der Waals surface area contributed by atoms with Gasteiger partial charge in [0.05, 0.1) is 19.3 Å². The Kier molecular flexibility index (Phi) is 5.80. The van der Waals surface area contributed by atoms with Crippen LogP contribution in [0.4, 0.5) is 0 Å². The van der Waals surface area contributed by atoms with Gasteiger partial charge in [-0.3, -0.25) is 0 Å². The minimum atomic E-state index is -0.137. The summed E-state index contributed by atoms with van der Waals surface area (Å²) in [4.78, 5) is 0. The van der Waals surface area contributed by atoms with E-state index in [0.29, 0.717) is 13.2 Å². The molecule has 0 aliphatic carbocycles. The number of aromatic nitrogens is 3. The van der Waals surface area contributed by atoms with Crippen molar-refractivity contribution in [3.05, 3.63) is 107 Å². The molecule has 0 saturated carbocycles. The third kappa shape index (κ3) is 4.66. The molecule has 1 unspecified atom stereocenters. The molecule has 4 rings (SSSR count). The second kappa shape index (κ2) is 8.83. The molecule has 4 nitrogen and oxygen atoms in total. The molecule has 0 radical (unpaired) electrons. The minimum absolute atomic E-state index is 0.137. The number of hydrogen-bond acceptors (Lipinski definition) is 3. The van der Waals surface area contributed by atoms with E-state index in [9.17, 15) is 0 Å². The van der Waals surface area contributed by atoms with Crippen molar-refractivity contribution in [1.29, 1.82) is 0 Å². The summed E-state index contributed by atoms with van der Waals surface area (Å²) in [7, 11) is 0. The molecule has 28 heavy (non-hydrogen) atoms. The Morgan fingerprint density at radius 3 is 2.25 bits per heavy atom. The van der Waals surface area contributed by atoms with E-state index in [4.69, 9.17) is 16.3 Å². The van der Waals surface area contributed by atoms with E-state index in [0.717, 1.165) is 27.4 Å². The van der Waals surface area contributed by atoms with Gasteiger partial charge in [0, 0.05) is 10.6 Å². The molecule has 1 heterocycles. The van der Waals surface area contributed by atoms with Crippen LogP contribution in [0.1, 0.15) is 17.2 Å². The van der Waals surface area contributed by atoms with Crippen LogP contribution in [0.2, 0.25) is 5.02 Å². The first-order valence-corrected chi connectivity index (χ1v) is 9.52. The lowest BCUT2D eigenvalue weighted by molar-refractivity contribution is 0.0253. The van der Waals surface area contributed by atoms with E-state index in [1.165, 1.54) is 0 Å². The Morgan fingerprint density at radius 1 is 0.857 bits per heavy atom. The van der Waals surface area contributed by atoms with Crippen LogP contribution in [-0.2, 0) is 17.9 Å². The average Bonchev–Trinajstić information content (AvgIpc) is 3.22. The van der Waals surface area contributed by atoms with Crippen molar-refractivity contribution in [2.75, 3.05) is 0 Å². The fraction of sp³-hybridized carbons (Fsp3) is 0.130. The van der Waals surface area contributed by atoms with Crippen LogP contribution < -0.4 is 0 Å². The van der Waals surface area contributed by atoms with Gasteiger partial charge in [0.25, 0.3) is 0 Å². The number of rotatable bonds is 7. The molecule has 0 amide bonds. The van der Waals surface area contributed by atoms with Crippen molar-refractivity contribution in [2.24, 2.45) is 0 Å². The summed E-state index contributed by atoms with van der Waals surface area (Å²) in [5, 5.41) is 9.32. The fourth-order valence-corrected chi connectivity index (χ4v) is 3.12. The van der Waals surface area contributed by atoms with E-state index in [2.05, 4.69) is 22.4 Å². The minimum Gasteiger partial charge on any atom is -0.367 e. The summed E-state index contributed by atoms with van der Waals surface area (Å²) >= 11 is 5.97. The second-order valence-corrected chi connectivity index (χ2v) is 6.97. The van der Waals surface area contributed by atoms with E-state index < -0.39 is 0 Å². The Labute approximate surface area is 169 Å². The van der Waals surface area contributed by atoms with Crippen LogP contribution in [0.3, 0.4) is 0 Å². The van der Waals surface area contributed by atoms with Gasteiger partial charge in [-0.1, -0.05) is 89.6 Å². The van der Waals surface area contributed by atoms with Gasteiger partial charge >= 0.3 is 0 Å². The van der Waals surface area contributed by atoms with Gasteiger partial charge in [0.1, 0.15) is 11.8 Å². The van der Waals surface area contributed by atoms with Gasteiger partial charge in [0.15, 0.2) is 0 Å². The first kappa shape index (κ1) is 18.4. The summed E-state index contributed by atoms with van der Waals surface area (Å²) in [6, 6.07) is 27.9. The zero-order valence-electron chi connectivity index (χ0n) is 15.3. The predicted octanol–water partition coefficient (Wildman–Crippen LogP) is 5.56. The monoisotopic (exact) mass is 389 g/mol. The molecule has 0 bridgehead atoms. The summed E-state index contributed by atoms with van der Waals surface area (Å²) in [5.74, 6) is 0. The number of hydrogen-bond donors (Lipinski definition) is 0. The van der Waals surface area contributed by atoms with Crippen LogP contribution in [0.5, 0.6) is 0 Å². The summed E-state index contributed by atoms with van der Waals surface area (Å²) in [6.45, 7) is 1.08. The van der Waals surface area contributed by atoms with E-state index in [1.54, 1.807) is 0 Å². The van der Waals surface area contributed by atoms with Gasteiger partial charge in [-0.05, 0) is 23.3 Å². The van der Waals surface area contributed by atoms with Crippen molar-refractivity contribution < 1.29 is 4.74 Å². The maximum Gasteiger partial charge on any atom is 0.113 e. The normalized spacial score (nSPS) is 12.0. The quantitative estimate of drug-likeness (QED) is 0.415. The lowest BCUT2D eigenvalue weighted by Gasteiger charge is -2.18. The van der Waals surface area contributed by atoms with Crippen molar-refractivity contribution in [1.82, 2.24) is 15.0 Å². The van der Waals surface area contributed by atoms with Crippen molar-refractivity contribution in [3.63, 3.8) is 0 Å². The van der Waals surface area contributed by atoms with Gasteiger partial charge in [0.2, 0.25) is 0 Å². The molecule has 0 spiro atoms. The van der Waals surface area contributed by atoms with Crippen molar-refractivity contribution in [3.8, 4) is 11.3 Å². The topological polar surface area (TPSA) is 39.9 Å². The number of ether oxygens (including phenoxy) is 1. The maximum absolute atomic E-state index is 6.24. The highest BCUT2D eigenvalue weighted by atomic mass is 35.5. The van der Waals surface area contributed by atoms with Crippen molar-refractivity contribution in [2.45, 2.75) is 19.3 Å². The Hall–Kier alpha value is -2.95. The van der Waals surface area contributed by atoms with Gasteiger partial charge < -0.3 is 4.74 Å². The summed E-state index contributed by atoms with van der Waals surface area (Å²) < 4.78 is 8.08. The smallest absolute Gasteiger partial charge is 0.113 e. The number of nitrogens with zero attached hydrogens (tertiary/aromatic N) is 3. The van der Waals surface area contributed by atoms with Crippen LogP contribution in [0, 0.1) is 0 Å². The molecule has 1 aromatic heterocycles. The third-order valence-electron chi connectivity index (χ3n) is 4.50. The Balaban J connectivity index is 1.51. The molecule has 4 aromatic rings. The Morgan fingerprint density at radius 2 is 1.54 bits per heavy atom. The van der Waals surface area contributed by atoms with Gasteiger partial charge in [-0.15, -0.1) is 5.10 Å². The molecule has 0 aliphatic heterocycles. The lowest BCUT2D eigenvalue weighted by atomic mass is 10.1. The molecule has 1 atom stereocenters. The lowest BCUT2D eigenvalue weighted by Crippen LogP contribution is -2.13. The van der Waals surface area contributed by atoms with E-state index in [-0.39, 0.29) is 6.10 Å². The first-order chi connectivity index (χ1) is 13.8. The molecule has 0 saturated heterocycles. The molecule has 140 valence electrons. The third-order valence-corrected chi connectivity index (χ3v) is 4.75. The van der Waals surface area contributed by atoms with Crippen LogP contribution in [-0.4, -0.2) is 15.0 Å². The largest absolute Gasteiger partial charge is 0.367 e. The fourth-order valence-electron chi connectivity index (χ4n) is 3.00. The molecular weight excluding hydrogens is 370 g/mol. The molecule has 0 fully saturated rings. The highest BCUT2D eigenvalue weighted by molar-refractivity contribution is 6.30. The SMILES string of the molecule is Clc1ccc(COC(Cn2cc(-c3ccccc3)nn2)c2ccccc2)cc1. The molecular formula is C23H20ClN3O. The molecule has 5 heteroatoms. The second-order valence-electron chi connectivity index (χ2n) is 6.53. The van der Waals surface area contributed by atoms with Crippen LogP contribution in [0.25, 0.3) is 11.3 Å². The molecule has 0 aliphatic rings. The van der Waals surface area contributed by atoms with E-state index >= 15 is 0 Å². The highest BCUT2D eigenvalue weighted by Crippen LogP contribution is 2.23. The Bertz CT molecular complexity index is 1000. The van der Waals surface area contributed by atoms with E-state index in [1.807, 2.05) is 83.7 Å². The van der Waals surface area contributed by atoms with Crippen LogP contribution >= 0.6 is 11.6 Å². The number of halogens is 1. The maximum atomic E-state index is 6.24. The molecule has 3 aromatic carbocycles. The molecule has 0 N–H and O–H groups in total. The van der Waals surface area contributed by atoms with Gasteiger partial charge in [-0.2, -0.15) is 0 Å². The predicted molar refractivity (Wildman–Crippen MR) is 111 cm³/mol. The van der Waals surface area contributed by atoms with Crippen LogP contribution in [0.15, 0.2) is 91.1 Å². The van der Waals surface area contributed by atoms with Gasteiger partial charge in [-0.25, -0.2) is 4.68 Å². The number of benzene rings is 3. The summed E-state index contributed by atoms with van der Waals surface area (Å²) in [5.41, 5.74) is 4.08.